The van der Waals surface area contributed by atoms with Crippen LogP contribution in [-0.4, -0.2) is 42.6 Å². The summed E-state index contributed by atoms with van der Waals surface area (Å²) in [5, 5.41) is 0. The maximum absolute atomic E-state index is 12.9. The number of nitrogens with zero attached hydrogens (tertiary/aromatic N) is 2. The fraction of sp³-hybridized carbons (Fsp3) is 0.667. The molecule has 0 aliphatic carbocycles. The molecule has 2 aliphatic rings. The highest BCUT2D eigenvalue weighted by atomic mass is 32.2. The fourth-order valence-corrected chi connectivity index (χ4v) is 5.42. The summed E-state index contributed by atoms with van der Waals surface area (Å²) >= 11 is 0. The van der Waals surface area contributed by atoms with E-state index in [4.69, 9.17) is 10.2 Å². The molecule has 128 valence electrons. The molecule has 0 saturated carbocycles. The first-order chi connectivity index (χ1) is 11.0. The molecule has 0 aromatic carbocycles. The van der Waals surface area contributed by atoms with Crippen LogP contribution in [0.3, 0.4) is 0 Å². The topological polar surface area (TPSA) is 96.8 Å². The predicted molar refractivity (Wildman–Crippen MR) is 84.4 cm³/mol. The van der Waals surface area contributed by atoms with Gasteiger partial charge < -0.3 is 10.2 Å². The van der Waals surface area contributed by atoms with Crippen LogP contribution in [0.15, 0.2) is 22.8 Å². The maximum Gasteiger partial charge on any atom is 0.282 e. The predicted octanol–water partition coefficient (Wildman–Crippen LogP) is 1.25. The zero-order chi connectivity index (χ0) is 16.4. The zero-order valence-corrected chi connectivity index (χ0v) is 13.9. The first-order valence-corrected chi connectivity index (χ1v) is 9.47. The second-order valence-corrected chi connectivity index (χ2v) is 8.19. The normalized spacial score (nSPS) is 25.0. The van der Waals surface area contributed by atoms with Crippen LogP contribution < -0.4 is 5.73 Å². The van der Waals surface area contributed by atoms with Gasteiger partial charge in [0.15, 0.2) is 0 Å². The van der Waals surface area contributed by atoms with Gasteiger partial charge in [0.05, 0.1) is 12.3 Å². The number of carbonyl (C=O) groups is 1. The maximum atomic E-state index is 12.9. The Morgan fingerprint density at radius 3 is 2.61 bits per heavy atom. The summed E-state index contributed by atoms with van der Waals surface area (Å²) in [5.74, 6) is 0.580. The molecule has 3 heterocycles. The van der Waals surface area contributed by atoms with Crippen molar-refractivity contribution in [2.75, 3.05) is 19.6 Å². The van der Waals surface area contributed by atoms with Crippen molar-refractivity contribution in [1.29, 1.82) is 0 Å². The third kappa shape index (κ3) is 3.44. The zero-order valence-electron chi connectivity index (χ0n) is 13.1. The van der Waals surface area contributed by atoms with Gasteiger partial charge in [0, 0.05) is 26.1 Å². The minimum Gasteiger partial charge on any atom is -0.468 e. The van der Waals surface area contributed by atoms with E-state index in [9.17, 15) is 13.2 Å². The van der Waals surface area contributed by atoms with E-state index in [-0.39, 0.29) is 17.9 Å². The average molecular weight is 341 g/mol. The Kier molecular flexibility index (Phi) is 4.74. The van der Waals surface area contributed by atoms with Crippen LogP contribution in [0.4, 0.5) is 0 Å². The third-order valence-electron chi connectivity index (χ3n) is 4.76. The monoisotopic (exact) mass is 341 g/mol. The van der Waals surface area contributed by atoms with Gasteiger partial charge in [0.1, 0.15) is 5.76 Å². The lowest BCUT2D eigenvalue weighted by atomic mass is 9.94. The Labute approximate surface area is 136 Å². The highest BCUT2D eigenvalue weighted by Gasteiger charge is 2.41. The minimum atomic E-state index is -3.50. The lowest BCUT2D eigenvalue weighted by molar-refractivity contribution is -0.119. The summed E-state index contributed by atoms with van der Waals surface area (Å²) in [5.41, 5.74) is 5.23. The fourth-order valence-electron chi connectivity index (χ4n) is 3.56. The van der Waals surface area contributed by atoms with Gasteiger partial charge in [-0.25, -0.2) is 0 Å². The molecule has 0 spiro atoms. The summed E-state index contributed by atoms with van der Waals surface area (Å²) in [7, 11) is -3.50. The van der Waals surface area contributed by atoms with Crippen molar-refractivity contribution >= 4 is 16.1 Å². The van der Waals surface area contributed by atoms with E-state index in [0.717, 1.165) is 12.8 Å². The third-order valence-corrected chi connectivity index (χ3v) is 6.81. The number of furan rings is 1. The van der Waals surface area contributed by atoms with Crippen molar-refractivity contribution in [1.82, 2.24) is 8.61 Å². The van der Waals surface area contributed by atoms with Gasteiger partial charge in [-0.2, -0.15) is 17.0 Å². The molecule has 0 bridgehead atoms. The molecule has 0 radical (unpaired) electrons. The van der Waals surface area contributed by atoms with Gasteiger partial charge in [-0.1, -0.05) is 0 Å². The van der Waals surface area contributed by atoms with Gasteiger partial charge in [0.25, 0.3) is 10.2 Å². The summed E-state index contributed by atoms with van der Waals surface area (Å²) in [4.78, 5) is 11.0. The van der Waals surface area contributed by atoms with Crippen molar-refractivity contribution < 1.29 is 17.6 Å². The lowest BCUT2D eigenvalue weighted by Crippen LogP contribution is -2.47. The average Bonchev–Trinajstić information content (AvgIpc) is 3.18. The smallest absolute Gasteiger partial charge is 0.282 e. The number of piperidine rings is 1. The standard InChI is InChI=1S/C15H23N3O4S/c16-15(19)11-12-5-8-17(9-6-12)23(20,21)18-7-1-3-13(18)14-4-2-10-22-14/h2,4,10,12-13H,1,3,5-9,11H2,(H2,16,19). The van der Waals surface area contributed by atoms with Gasteiger partial charge in [-0.15, -0.1) is 0 Å². The van der Waals surface area contributed by atoms with E-state index in [0.29, 0.717) is 44.7 Å². The van der Waals surface area contributed by atoms with E-state index in [1.165, 1.54) is 4.31 Å². The van der Waals surface area contributed by atoms with Crippen molar-refractivity contribution in [2.45, 2.75) is 38.1 Å². The Morgan fingerprint density at radius 1 is 1.26 bits per heavy atom. The largest absolute Gasteiger partial charge is 0.468 e. The number of primary amides is 1. The van der Waals surface area contributed by atoms with Crippen LogP contribution in [0.25, 0.3) is 0 Å². The Hall–Kier alpha value is -1.38. The van der Waals surface area contributed by atoms with Crippen LogP contribution in [0.5, 0.6) is 0 Å². The molecule has 1 aromatic rings. The van der Waals surface area contributed by atoms with E-state index >= 15 is 0 Å². The van der Waals surface area contributed by atoms with Crippen LogP contribution >= 0.6 is 0 Å². The van der Waals surface area contributed by atoms with Crippen LogP contribution in [0.2, 0.25) is 0 Å². The molecule has 1 amide bonds. The number of amides is 1. The van der Waals surface area contributed by atoms with E-state index < -0.39 is 10.2 Å². The molecule has 2 N–H and O–H groups in total. The van der Waals surface area contributed by atoms with E-state index in [2.05, 4.69) is 0 Å². The van der Waals surface area contributed by atoms with Gasteiger partial charge >= 0.3 is 0 Å². The first kappa shape index (κ1) is 16.5. The second-order valence-electron chi connectivity index (χ2n) is 6.30. The van der Waals surface area contributed by atoms with Gasteiger partial charge in [0.2, 0.25) is 5.91 Å². The molecule has 1 aromatic heterocycles. The minimum absolute atomic E-state index is 0.193. The highest BCUT2D eigenvalue weighted by Crippen LogP contribution is 2.36. The highest BCUT2D eigenvalue weighted by molar-refractivity contribution is 7.86. The molecule has 1 unspecified atom stereocenters. The Bertz CT molecular complexity index is 636. The summed E-state index contributed by atoms with van der Waals surface area (Å²) in [6.45, 7) is 1.41. The summed E-state index contributed by atoms with van der Waals surface area (Å²) in [6, 6.07) is 3.41. The molecule has 23 heavy (non-hydrogen) atoms. The number of hydrogen-bond acceptors (Lipinski definition) is 4. The molecule has 7 nitrogen and oxygen atoms in total. The molecular weight excluding hydrogens is 318 g/mol. The second kappa shape index (κ2) is 6.62. The van der Waals surface area contributed by atoms with E-state index in [1.54, 1.807) is 16.6 Å². The molecule has 1 atom stereocenters. The van der Waals surface area contributed by atoms with Crippen molar-refractivity contribution in [3.05, 3.63) is 24.2 Å². The quantitative estimate of drug-likeness (QED) is 0.871. The van der Waals surface area contributed by atoms with Gasteiger partial charge in [-0.05, 0) is 43.7 Å². The molecule has 2 saturated heterocycles. The molecular formula is C15H23N3O4S. The number of nitrogens with two attached hydrogens (primary N) is 1. The SMILES string of the molecule is NC(=O)CC1CCN(S(=O)(=O)N2CCCC2c2ccco2)CC1. The first-order valence-electron chi connectivity index (χ1n) is 8.07. The lowest BCUT2D eigenvalue weighted by Gasteiger charge is -2.34. The number of carbonyl (C=O) groups excluding carboxylic acids is 1. The van der Waals surface area contributed by atoms with Crippen molar-refractivity contribution in [3.63, 3.8) is 0 Å². The van der Waals surface area contributed by atoms with Crippen molar-refractivity contribution in [2.24, 2.45) is 11.7 Å². The molecule has 2 aliphatic heterocycles. The summed E-state index contributed by atoms with van der Waals surface area (Å²) < 4.78 is 34.4. The van der Waals surface area contributed by atoms with Crippen LogP contribution in [-0.2, 0) is 15.0 Å². The van der Waals surface area contributed by atoms with E-state index in [1.807, 2.05) is 6.07 Å². The molecule has 3 rings (SSSR count). The molecule has 2 fully saturated rings. The van der Waals surface area contributed by atoms with Crippen LogP contribution in [0, 0.1) is 5.92 Å². The molecule has 8 heteroatoms. The number of hydrogen-bond donors (Lipinski definition) is 1. The number of rotatable bonds is 5. The van der Waals surface area contributed by atoms with Crippen LogP contribution in [0.1, 0.15) is 43.9 Å². The summed E-state index contributed by atoms with van der Waals surface area (Å²) in [6.07, 6.45) is 4.90. The Morgan fingerprint density at radius 2 is 2.00 bits per heavy atom. The van der Waals surface area contributed by atoms with Crippen molar-refractivity contribution in [3.8, 4) is 0 Å². The Balaban J connectivity index is 1.68. The van der Waals surface area contributed by atoms with Gasteiger partial charge in [-0.3, -0.25) is 4.79 Å².